The molecule has 2 aliphatic heterocycles. The number of aromatic nitrogens is 4. The molecule has 6 aromatic rings. The first-order valence-electron chi connectivity index (χ1n) is 21.3. The third-order valence-corrected chi connectivity index (χ3v) is 12.1. The van der Waals surface area contributed by atoms with Crippen LogP contribution in [0.2, 0.25) is 0 Å². The zero-order chi connectivity index (χ0) is 44.9. The van der Waals surface area contributed by atoms with Crippen molar-refractivity contribution >= 4 is 24.2 Å². The SMILES string of the molecule is COc1ccc(-c2cnc(N)c(-c3ccc(CC(=O)c4cn(CC5CCOCC5)cc(-c5ccc(C)cn5)c4=O)cc3)c2)cc1OC.Cc1ccc(B2OC(C)(C)C(C)(C)O2)cn1. The van der Waals surface area contributed by atoms with Gasteiger partial charge in [0.05, 0.1) is 42.2 Å². The van der Waals surface area contributed by atoms with Gasteiger partial charge in [0.2, 0.25) is 5.43 Å². The first-order chi connectivity index (χ1) is 30.1. The molecule has 0 atom stereocenters. The highest BCUT2D eigenvalue weighted by atomic mass is 16.7. The summed E-state index contributed by atoms with van der Waals surface area (Å²) >= 11 is 0. The number of aryl methyl sites for hydroxylation is 2. The standard InChI is InChI=1S/C38H38N4O5.C12H18BNO2/c1-24-4-10-33(40-19-24)31-22-42(21-26-12-14-47-15-13-26)23-32(37(31)44)34(43)16-25-5-7-27(8-6-25)30-17-29(20-41-38(30)39)28-9-11-35(45-2)36(18-28)46-3;1-9-6-7-10(8-14-9)13-15-11(2,3)12(4,5)16-13/h4-11,17-20,22-23,26H,12-16,21H2,1-3H3,(H2,39,41);6-8H,1-5H3. The molecule has 63 heavy (non-hydrogen) atoms. The van der Waals surface area contributed by atoms with Gasteiger partial charge in [-0.3, -0.25) is 19.6 Å². The minimum Gasteiger partial charge on any atom is -0.493 e. The van der Waals surface area contributed by atoms with E-state index in [2.05, 4.69) is 42.6 Å². The van der Waals surface area contributed by atoms with Gasteiger partial charge in [0.1, 0.15) is 5.82 Å². The van der Waals surface area contributed by atoms with Gasteiger partial charge in [-0.05, 0) is 113 Å². The van der Waals surface area contributed by atoms with Gasteiger partial charge in [-0.2, -0.15) is 0 Å². The summed E-state index contributed by atoms with van der Waals surface area (Å²) in [6.07, 6.45) is 10.8. The average Bonchev–Trinajstić information content (AvgIpc) is 3.50. The van der Waals surface area contributed by atoms with Crippen molar-refractivity contribution in [2.45, 2.75) is 78.6 Å². The van der Waals surface area contributed by atoms with Gasteiger partial charge in [0.25, 0.3) is 0 Å². The summed E-state index contributed by atoms with van der Waals surface area (Å²) in [6.45, 7) is 14.3. The van der Waals surface area contributed by atoms with Gasteiger partial charge in [0.15, 0.2) is 17.3 Å². The van der Waals surface area contributed by atoms with Crippen molar-refractivity contribution in [3.05, 3.63) is 136 Å². The molecular formula is C50H56BN5O7. The van der Waals surface area contributed by atoms with E-state index in [0.717, 1.165) is 70.6 Å². The fourth-order valence-electron chi connectivity index (χ4n) is 7.53. The number of Topliss-reactive ketones (excluding diaryl/α,β-unsaturated/α-hetero) is 1. The molecule has 326 valence electrons. The van der Waals surface area contributed by atoms with E-state index in [0.29, 0.717) is 41.0 Å². The Labute approximate surface area is 369 Å². The number of pyridine rings is 4. The van der Waals surface area contributed by atoms with Crippen LogP contribution in [0.25, 0.3) is 33.5 Å². The van der Waals surface area contributed by atoms with E-state index in [4.69, 9.17) is 29.3 Å². The lowest BCUT2D eigenvalue weighted by Gasteiger charge is -2.32. The molecule has 0 aliphatic carbocycles. The average molecular weight is 850 g/mol. The van der Waals surface area contributed by atoms with Crippen molar-refractivity contribution in [2.75, 3.05) is 33.2 Å². The van der Waals surface area contributed by atoms with E-state index in [1.54, 1.807) is 32.8 Å². The van der Waals surface area contributed by atoms with E-state index in [1.807, 2.05) is 104 Å². The summed E-state index contributed by atoms with van der Waals surface area (Å²) in [4.78, 5) is 40.6. The van der Waals surface area contributed by atoms with Gasteiger partial charge in [-0.1, -0.05) is 42.5 Å². The van der Waals surface area contributed by atoms with E-state index in [1.165, 1.54) is 0 Å². The molecule has 2 fully saturated rings. The zero-order valence-corrected chi connectivity index (χ0v) is 37.4. The molecule has 2 N–H and O–H groups in total. The number of carbonyl (C=O) groups is 1. The minimum atomic E-state index is -0.308. The third-order valence-electron chi connectivity index (χ3n) is 12.1. The van der Waals surface area contributed by atoms with Gasteiger partial charge >= 0.3 is 7.12 Å². The number of benzene rings is 2. The molecular weight excluding hydrogens is 793 g/mol. The number of anilines is 1. The Bertz CT molecular complexity index is 2590. The van der Waals surface area contributed by atoms with Crippen LogP contribution >= 0.6 is 0 Å². The van der Waals surface area contributed by atoms with Crippen LogP contribution in [0.1, 0.15) is 67.7 Å². The molecule has 0 saturated carbocycles. The van der Waals surface area contributed by atoms with E-state index < -0.39 is 0 Å². The fraction of sp³-hybridized carbons (Fsp3) is 0.340. The summed E-state index contributed by atoms with van der Waals surface area (Å²) in [5.41, 5.74) is 13.7. The summed E-state index contributed by atoms with van der Waals surface area (Å²) in [5.74, 6) is 1.82. The van der Waals surface area contributed by atoms with Crippen LogP contribution in [0.3, 0.4) is 0 Å². The Balaban J connectivity index is 0.000000312. The molecule has 0 unspecified atom stereocenters. The van der Waals surface area contributed by atoms with Crippen LogP contribution in [0.4, 0.5) is 5.82 Å². The van der Waals surface area contributed by atoms with E-state index in [9.17, 15) is 9.59 Å². The van der Waals surface area contributed by atoms with Crippen molar-refractivity contribution in [1.82, 2.24) is 19.5 Å². The lowest BCUT2D eigenvalue weighted by atomic mass is 9.80. The molecule has 0 spiro atoms. The van der Waals surface area contributed by atoms with Gasteiger partial charge in [-0.15, -0.1) is 0 Å². The summed E-state index contributed by atoms with van der Waals surface area (Å²) in [7, 11) is 2.89. The molecule has 13 heteroatoms. The Morgan fingerprint density at radius 3 is 2.11 bits per heavy atom. The van der Waals surface area contributed by atoms with Gasteiger partial charge in [-0.25, -0.2) is 4.98 Å². The third kappa shape index (κ3) is 10.4. The van der Waals surface area contributed by atoms with Crippen molar-refractivity contribution in [2.24, 2.45) is 5.92 Å². The number of methoxy groups -OCH3 is 2. The van der Waals surface area contributed by atoms with Crippen molar-refractivity contribution < 1.29 is 28.3 Å². The predicted octanol–water partition coefficient (Wildman–Crippen LogP) is 8.09. The second-order valence-electron chi connectivity index (χ2n) is 17.2. The molecule has 0 radical (unpaired) electrons. The lowest BCUT2D eigenvalue weighted by molar-refractivity contribution is 0.00578. The number of carbonyl (C=O) groups excluding carboxylic acids is 1. The number of ether oxygens (including phenoxy) is 3. The number of hydrogen-bond donors (Lipinski definition) is 1. The van der Waals surface area contributed by atoms with Crippen LogP contribution in [-0.2, 0) is 27.0 Å². The maximum absolute atomic E-state index is 13.7. The van der Waals surface area contributed by atoms with E-state index >= 15 is 0 Å². The Hall–Kier alpha value is -6.15. The quantitative estimate of drug-likeness (QED) is 0.0996. The molecule has 6 heterocycles. The second-order valence-corrected chi connectivity index (χ2v) is 17.2. The molecule has 0 amide bonds. The summed E-state index contributed by atoms with van der Waals surface area (Å²) in [5, 5.41) is 0. The maximum atomic E-state index is 13.7. The molecule has 0 bridgehead atoms. The molecule has 8 rings (SSSR count). The van der Waals surface area contributed by atoms with Crippen LogP contribution in [0.15, 0.2) is 109 Å². The monoisotopic (exact) mass is 849 g/mol. The Morgan fingerprint density at radius 1 is 0.778 bits per heavy atom. The Morgan fingerprint density at radius 2 is 1.48 bits per heavy atom. The largest absolute Gasteiger partial charge is 0.496 e. The fourth-order valence-corrected chi connectivity index (χ4v) is 7.53. The molecule has 2 saturated heterocycles. The van der Waals surface area contributed by atoms with Gasteiger partial charge < -0.3 is 33.8 Å². The lowest BCUT2D eigenvalue weighted by Crippen LogP contribution is -2.41. The van der Waals surface area contributed by atoms with Crippen molar-refractivity contribution in [3.63, 3.8) is 0 Å². The number of nitrogens with two attached hydrogens (primary N) is 1. The summed E-state index contributed by atoms with van der Waals surface area (Å²) in [6, 6.07) is 23.0. The number of ketones is 1. The number of nitrogen functional groups attached to an aromatic ring is 1. The van der Waals surface area contributed by atoms with Crippen molar-refractivity contribution in [3.8, 4) is 45.0 Å². The number of nitrogens with zero attached hydrogens (tertiary/aromatic N) is 4. The molecule has 2 aromatic carbocycles. The minimum absolute atomic E-state index is 0.0803. The second kappa shape index (κ2) is 19.1. The molecule has 2 aliphatic rings. The maximum Gasteiger partial charge on any atom is 0.496 e. The number of rotatable bonds is 11. The first kappa shape index (κ1) is 44.9. The highest BCUT2D eigenvalue weighted by Crippen LogP contribution is 2.37. The zero-order valence-electron chi connectivity index (χ0n) is 37.4. The first-order valence-corrected chi connectivity index (χ1v) is 21.3. The highest BCUT2D eigenvalue weighted by molar-refractivity contribution is 6.62. The van der Waals surface area contributed by atoms with Crippen LogP contribution in [-0.4, -0.2) is 71.1 Å². The molecule has 4 aromatic heterocycles. The topological polar surface area (TPSA) is 150 Å². The smallest absolute Gasteiger partial charge is 0.493 e. The van der Waals surface area contributed by atoms with Crippen LogP contribution in [0.5, 0.6) is 11.5 Å². The molecule has 12 nitrogen and oxygen atoms in total. The predicted molar refractivity (Wildman–Crippen MR) is 248 cm³/mol. The Kier molecular flexibility index (Phi) is 13.6. The van der Waals surface area contributed by atoms with Gasteiger partial charge in [0, 0.05) is 79.4 Å². The number of hydrogen-bond acceptors (Lipinski definition) is 11. The van der Waals surface area contributed by atoms with Crippen LogP contribution < -0.4 is 26.1 Å². The van der Waals surface area contributed by atoms with E-state index in [-0.39, 0.29) is 41.5 Å². The van der Waals surface area contributed by atoms with Crippen LogP contribution in [0, 0.1) is 19.8 Å². The van der Waals surface area contributed by atoms with Crippen molar-refractivity contribution in [1.29, 1.82) is 0 Å². The highest BCUT2D eigenvalue weighted by Gasteiger charge is 2.51. The normalized spacial score (nSPS) is 15.7. The summed E-state index contributed by atoms with van der Waals surface area (Å²) < 4.78 is 30.2.